The number of nitrogens with one attached hydrogen (secondary N) is 1. The smallest absolute Gasteiger partial charge is 0.261 e. The van der Waals surface area contributed by atoms with Gasteiger partial charge in [0, 0.05) is 10.4 Å². The van der Waals surface area contributed by atoms with Gasteiger partial charge in [0.25, 0.3) is 5.91 Å². The summed E-state index contributed by atoms with van der Waals surface area (Å²) in [6, 6.07) is 18.5. The van der Waals surface area contributed by atoms with Crippen LogP contribution < -0.4 is 10.1 Å². The molecule has 0 saturated carbocycles. The number of rotatable bonds is 4. The number of benzene rings is 3. The molecular formula is C22H18N2O3S. The molecule has 0 atom stereocenters. The zero-order chi connectivity index (χ0) is 19.7. The molecule has 0 aliphatic carbocycles. The third kappa shape index (κ3) is 3.42. The Hall–Kier alpha value is -3.38. The molecule has 1 heterocycles. The van der Waals surface area contributed by atoms with Crippen LogP contribution in [0.1, 0.15) is 15.2 Å². The zero-order valence-electron chi connectivity index (χ0n) is 15.4. The van der Waals surface area contributed by atoms with Crippen LogP contribution in [0.25, 0.3) is 22.0 Å². The standard InChI is InChI=1S/C22H18N2O3S/c1-13-20(14-7-9-17(27-2)10-8-14)23-22(28-13)24-21(26)18-11-15-5-3-4-6-16(15)12-19(18)25/h3-12,25H,1-2H3,(H,23,24,26). The van der Waals surface area contributed by atoms with Gasteiger partial charge in [-0.15, -0.1) is 11.3 Å². The van der Waals surface area contributed by atoms with Crippen molar-refractivity contribution < 1.29 is 14.6 Å². The maximum absolute atomic E-state index is 12.7. The molecule has 0 radical (unpaired) electrons. The number of nitrogens with zero attached hydrogens (tertiary/aromatic N) is 1. The van der Waals surface area contributed by atoms with Crippen LogP contribution in [-0.2, 0) is 0 Å². The minimum atomic E-state index is -0.390. The lowest BCUT2D eigenvalue weighted by molar-refractivity contribution is 0.102. The third-order valence-corrected chi connectivity index (χ3v) is 5.38. The molecule has 0 unspecified atom stereocenters. The number of anilines is 1. The zero-order valence-corrected chi connectivity index (χ0v) is 16.2. The van der Waals surface area contributed by atoms with E-state index in [2.05, 4.69) is 10.3 Å². The first-order valence-corrected chi connectivity index (χ1v) is 9.52. The second kappa shape index (κ2) is 7.32. The number of fused-ring (bicyclic) bond motifs is 1. The van der Waals surface area contributed by atoms with E-state index in [-0.39, 0.29) is 11.3 Å². The van der Waals surface area contributed by atoms with Crippen LogP contribution in [0.3, 0.4) is 0 Å². The van der Waals surface area contributed by atoms with Gasteiger partial charge in [-0.1, -0.05) is 24.3 Å². The summed E-state index contributed by atoms with van der Waals surface area (Å²) in [5.74, 6) is 0.329. The monoisotopic (exact) mass is 390 g/mol. The van der Waals surface area contributed by atoms with Gasteiger partial charge in [-0.05, 0) is 54.1 Å². The minimum Gasteiger partial charge on any atom is -0.507 e. The molecule has 0 aliphatic rings. The number of carbonyl (C=O) groups excluding carboxylic acids is 1. The molecule has 4 aromatic rings. The van der Waals surface area contributed by atoms with Crippen molar-refractivity contribution in [2.75, 3.05) is 12.4 Å². The summed E-state index contributed by atoms with van der Waals surface area (Å²) in [7, 11) is 1.62. The highest BCUT2D eigenvalue weighted by Gasteiger charge is 2.16. The van der Waals surface area contributed by atoms with Crippen LogP contribution in [0, 0.1) is 6.92 Å². The van der Waals surface area contributed by atoms with E-state index in [0.717, 1.165) is 32.7 Å². The number of hydrogen-bond donors (Lipinski definition) is 2. The number of thiazole rings is 1. The van der Waals surface area contributed by atoms with Crippen molar-refractivity contribution in [3.05, 3.63) is 71.1 Å². The molecule has 0 bridgehead atoms. The average molecular weight is 390 g/mol. The predicted octanol–water partition coefficient (Wildman–Crippen LogP) is 5.24. The van der Waals surface area contributed by atoms with Gasteiger partial charge in [0.2, 0.25) is 0 Å². The van der Waals surface area contributed by atoms with Crippen LogP contribution in [0.15, 0.2) is 60.7 Å². The summed E-state index contributed by atoms with van der Waals surface area (Å²) >= 11 is 1.40. The van der Waals surface area contributed by atoms with Gasteiger partial charge < -0.3 is 9.84 Å². The summed E-state index contributed by atoms with van der Waals surface area (Å²) in [4.78, 5) is 18.2. The minimum absolute atomic E-state index is 0.0557. The first-order valence-electron chi connectivity index (χ1n) is 8.70. The molecular weight excluding hydrogens is 372 g/mol. The van der Waals surface area contributed by atoms with Crippen LogP contribution in [0.4, 0.5) is 5.13 Å². The topological polar surface area (TPSA) is 71.5 Å². The highest BCUT2D eigenvalue weighted by molar-refractivity contribution is 7.16. The Morgan fingerprint density at radius 1 is 1.07 bits per heavy atom. The quantitative estimate of drug-likeness (QED) is 0.500. The van der Waals surface area contributed by atoms with E-state index in [4.69, 9.17) is 4.74 Å². The second-order valence-corrected chi connectivity index (χ2v) is 7.53. The van der Waals surface area contributed by atoms with E-state index in [9.17, 15) is 9.90 Å². The summed E-state index contributed by atoms with van der Waals surface area (Å²) in [6.07, 6.45) is 0. The average Bonchev–Trinajstić information content (AvgIpc) is 3.07. The fourth-order valence-electron chi connectivity index (χ4n) is 3.04. The van der Waals surface area contributed by atoms with Crippen LogP contribution in [0.5, 0.6) is 11.5 Å². The Morgan fingerprint density at radius 2 is 1.75 bits per heavy atom. The number of aryl methyl sites for hydroxylation is 1. The number of methoxy groups -OCH3 is 1. The molecule has 0 spiro atoms. The van der Waals surface area contributed by atoms with Gasteiger partial charge in [0.15, 0.2) is 5.13 Å². The normalized spacial score (nSPS) is 10.8. The molecule has 1 amide bonds. The molecule has 140 valence electrons. The Morgan fingerprint density at radius 3 is 2.43 bits per heavy atom. The van der Waals surface area contributed by atoms with Gasteiger partial charge >= 0.3 is 0 Å². The summed E-state index contributed by atoms with van der Waals surface area (Å²) in [6.45, 7) is 1.96. The maximum Gasteiger partial charge on any atom is 0.261 e. The third-order valence-electron chi connectivity index (χ3n) is 4.49. The highest BCUT2D eigenvalue weighted by atomic mass is 32.1. The van der Waals surface area contributed by atoms with Gasteiger partial charge in [-0.25, -0.2) is 4.98 Å². The van der Waals surface area contributed by atoms with Crippen molar-refractivity contribution in [2.24, 2.45) is 0 Å². The van der Waals surface area contributed by atoms with Crippen molar-refractivity contribution in [3.8, 4) is 22.8 Å². The molecule has 0 fully saturated rings. The number of aromatic hydroxyl groups is 1. The SMILES string of the molecule is COc1ccc(-c2nc(NC(=O)c3cc4ccccc4cc3O)sc2C)cc1. The van der Waals surface area contributed by atoms with Crippen LogP contribution >= 0.6 is 11.3 Å². The van der Waals surface area contributed by atoms with Crippen LogP contribution in [-0.4, -0.2) is 23.1 Å². The number of phenols is 1. The molecule has 2 N–H and O–H groups in total. The van der Waals surface area contributed by atoms with E-state index >= 15 is 0 Å². The molecule has 5 nitrogen and oxygen atoms in total. The summed E-state index contributed by atoms with van der Waals surface area (Å²) < 4.78 is 5.19. The summed E-state index contributed by atoms with van der Waals surface area (Å²) in [5, 5.41) is 15.3. The Bertz CT molecular complexity index is 1170. The highest BCUT2D eigenvalue weighted by Crippen LogP contribution is 2.32. The lowest BCUT2D eigenvalue weighted by Gasteiger charge is -2.06. The van der Waals surface area contributed by atoms with Gasteiger partial charge in [-0.2, -0.15) is 0 Å². The molecule has 3 aromatic carbocycles. The molecule has 6 heteroatoms. The summed E-state index contributed by atoms with van der Waals surface area (Å²) in [5.41, 5.74) is 1.98. The van der Waals surface area contributed by atoms with E-state index in [1.54, 1.807) is 19.2 Å². The predicted molar refractivity (Wildman–Crippen MR) is 112 cm³/mol. The second-order valence-electron chi connectivity index (χ2n) is 6.32. The van der Waals surface area contributed by atoms with Crippen molar-refractivity contribution in [1.29, 1.82) is 0 Å². The number of phenolic OH excluding ortho intramolecular Hbond substituents is 1. The molecule has 28 heavy (non-hydrogen) atoms. The fraction of sp³-hybridized carbons (Fsp3) is 0.0909. The van der Waals surface area contributed by atoms with Gasteiger partial charge in [0.05, 0.1) is 18.4 Å². The van der Waals surface area contributed by atoms with E-state index in [1.807, 2.05) is 55.5 Å². The van der Waals surface area contributed by atoms with E-state index in [1.165, 1.54) is 11.3 Å². The first-order chi connectivity index (χ1) is 13.5. The first kappa shape index (κ1) is 18.0. The molecule has 0 aliphatic heterocycles. The lowest BCUT2D eigenvalue weighted by Crippen LogP contribution is -2.12. The number of aromatic nitrogens is 1. The molecule has 0 saturated heterocycles. The fourth-order valence-corrected chi connectivity index (χ4v) is 3.87. The van der Waals surface area contributed by atoms with Crippen molar-refractivity contribution in [1.82, 2.24) is 4.98 Å². The Kier molecular flexibility index (Phi) is 4.71. The molecule has 1 aromatic heterocycles. The van der Waals surface area contributed by atoms with E-state index < -0.39 is 5.91 Å². The number of carbonyl (C=O) groups is 1. The van der Waals surface area contributed by atoms with Gasteiger partial charge in [-0.3, -0.25) is 10.1 Å². The number of amides is 1. The largest absolute Gasteiger partial charge is 0.507 e. The number of hydrogen-bond acceptors (Lipinski definition) is 5. The van der Waals surface area contributed by atoms with Crippen molar-refractivity contribution >= 4 is 33.1 Å². The number of ether oxygens (including phenoxy) is 1. The lowest BCUT2D eigenvalue weighted by atomic mass is 10.1. The Balaban J connectivity index is 1.61. The molecule has 4 rings (SSSR count). The van der Waals surface area contributed by atoms with E-state index in [0.29, 0.717) is 5.13 Å². The van der Waals surface area contributed by atoms with Gasteiger partial charge in [0.1, 0.15) is 11.5 Å². The Labute approximate surface area is 166 Å². The maximum atomic E-state index is 12.7. The van der Waals surface area contributed by atoms with Crippen molar-refractivity contribution in [2.45, 2.75) is 6.92 Å². The van der Waals surface area contributed by atoms with Crippen LogP contribution in [0.2, 0.25) is 0 Å². The van der Waals surface area contributed by atoms with Crippen molar-refractivity contribution in [3.63, 3.8) is 0 Å².